The van der Waals surface area contributed by atoms with Gasteiger partial charge in [-0.15, -0.1) is 0 Å². The molecule has 0 saturated heterocycles. The van der Waals surface area contributed by atoms with E-state index in [9.17, 15) is 9.59 Å². The predicted molar refractivity (Wildman–Crippen MR) is 99.4 cm³/mol. The average Bonchev–Trinajstić information content (AvgIpc) is 2.67. The molecule has 0 spiro atoms. The molecule has 0 aliphatic carbocycles. The second-order valence-electron chi connectivity index (χ2n) is 5.81. The minimum Gasteiger partial charge on any atom is -0.497 e. The summed E-state index contributed by atoms with van der Waals surface area (Å²) in [4.78, 5) is 25.8. The van der Waals surface area contributed by atoms with Crippen molar-refractivity contribution >= 4 is 11.8 Å². The molecule has 2 aromatic carbocycles. The second-order valence-corrected chi connectivity index (χ2v) is 5.81. The van der Waals surface area contributed by atoms with Crippen LogP contribution in [0.3, 0.4) is 0 Å². The number of carbonyl (C=O) groups is 2. The van der Waals surface area contributed by atoms with Gasteiger partial charge in [-0.25, -0.2) is 0 Å². The van der Waals surface area contributed by atoms with Gasteiger partial charge < -0.3 is 20.1 Å². The van der Waals surface area contributed by atoms with E-state index in [1.807, 2.05) is 30.3 Å². The van der Waals surface area contributed by atoms with Crippen molar-refractivity contribution in [1.29, 1.82) is 0 Å². The van der Waals surface area contributed by atoms with Crippen molar-refractivity contribution in [2.75, 3.05) is 27.3 Å². The Bertz CT molecular complexity index is 747. The zero-order valence-electron chi connectivity index (χ0n) is 15.1. The molecule has 0 aromatic heterocycles. The lowest BCUT2D eigenvalue weighted by Crippen LogP contribution is -2.36. The molecule has 0 unspecified atom stereocenters. The summed E-state index contributed by atoms with van der Waals surface area (Å²) in [6.07, 6.45) is 0.794. The number of rotatable bonds is 9. The standard InChI is InChI=1S/C20H24N2O4/c1-25-16-8-9-17(18(14-16)26-2)20(24)22(13-11-19(21)23)12-10-15-6-4-3-5-7-15/h3-9,14H,10-13H2,1-2H3,(H2,21,23). The number of primary amides is 1. The lowest BCUT2D eigenvalue weighted by Gasteiger charge is -2.23. The molecule has 0 fully saturated rings. The average molecular weight is 356 g/mol. The van der Waals surface area contributed by atoms with Gasteiger partial charge in [0.2, 0.25) is 5.91 Å². The van der Waals surface area contributed by atoms with Crippen LogP contribution in [0.5, 0.6) is 11.5 Å². The first kappa shape index (κ1) is 19.3. The van der Waals surface area contributed by atoms with Crippen molar-refractivity contribution in [1.82, 2.24) is 4.90 Å². The maximum absolute atomic E-state index is 13.0. The molecule has 0 radical (unpaired) electrons. The molecular formula is C20H24N2O4. The van der Waals surface area contributed by atoms with Gasteiger partial charge in [-0.1, -0.05) is 30.3 Å². The number of nitrogens with two attached hydrogens (primary N) is 1. The Morgan fingerprint density at radius 3 is 2.35 bits per heavy atom. The lowest BCUT2D eigenvalue weighted by molar-refractivity contribution is -0.118. The van der Waals surface area contributed by atoms with Crippen LogP contribution in [0.4, 0.5) is 0 Å². The Kier molecular flexibility index (Phi) is 7.02. The number of ether oxygens (including phenoxy) is 2. The Morgan fingerprint density at radius 1 is 1.00 bits per heavy atom. The Balaban J connectivity index is 2.20. The Labute approximate surface area is 153 Å². The van der Waals surface area contributed by atoms with Crippen molar-refractivity contribution < 1.29 is 19.1 Å². The van der Waals surface area contributed by atoms with E-state index in [-0.39, 0.29) is 18.9 Å². The summed E-state index contributed by atoms with van der Waals surface area (Å²) in [5, 5.41) is 0. The summed E-state index contributed by atoms with van der Waals surface area (Å²) < 4.78 is 10.5. The van der Waals surface area contributed by atoms with E-state index in [1.165, 1.54) is 7.11 Å². The van der Waals surface area contributed by atoms with Gasteiger partial charge in [0.15, 0.2) is 0 Å². The first-order valence-electron chi connectivity index (χ1n) is 8.38. The summed E-state index contributed by atoms with van der Waals surface area (Å²) in [7, 11) is 3.05. The third-order valence-corrected chi connectivity index (χ3v) is 4.07. The molecule has 138 valence electrons. The fourth-order valence-electron chi connectivity index (χ4n) is 2.61. The molecule has 0 bridgehead atoms. The van der Waals surface area contributed by atoms with Crippen LogP contribution < -0.4 is 15.2 Å². The number of benzene rings is 2. The normalized spacial score (nSPS) is 10.2. The fraction of sp³-hybridized carbons (Fsp3) is 0.300. The smallest absolute Gasteiger partial charge is 0.257 e. The maximum atomic E-state index is 13.0. The monoisotopic (exact) mass is 356 g/mol. The quantitative estimate of drug-likeness (QED) is 0.747. The highest BCUT2D eigenvalue weighted by Crippen LogP contribution is 2.26. The predicted octanol–water partition coefficient (Wildman–Crippen LogP) is 2.26. The molecule has 0 atom stereocenters. The van der Waals surface area contributed by atoms with Crippen molar-refractivity contribution in [2.45, 2.75) is 12.8 Å². The number of amides is 2. The minimum atomic E-state index is -0.441. The van der Waals surface area contributed by atoms with Crippen molar-refractivity contribution in [3.63, 3.8) is 0 Å². The van der Waals surface area contributed by atoms with Crippen molar-refractivity contribution in [3.8, 4) is 11.5 Å². The highest BCUT2D eigenvalue weighted by Gasteiger charge is 2.20. The largest absolute Gasteiger partial charge is 0.497 e. The van der Waals surface area contributed by atoms with Gasteiger partial charge in [0.05, 0.1) is 19.8 Å². The van der Waals surface area contributed by atoms with Crippen LogP contribution in [0.1, 0.15) is 22.3 Å². The van der Waals surface area contributed by atoms with Gasteiger partial charge in [0, 0.05) is 25.6 Å². The third-order valence-electron chi connectivity index (χ3n) is 4.07. The van der Waals surface area contributed by atoms with E-state index >= 15 is 0 Å². The highest BCUT2D eigenvalue weighted by molar-refractivity contribution is 5.97. The topological polar surface area (TPSA) is 81.9 Å². The molecular weight excluding hydrogens is 332 g/mol. The third kappa shape index (κ3) is 5.24. The lowest BCUT2D eigenvalue weighted by atomic mass is 10.1. The van der Waals surface area contributed by atoms with Crippen LogP contribution in [0.2, 0.25) is 0 Å². The molecule has 0 aliphatic heterocycles. The van der Waals surface area contributed by atoms with Crippen LogP contribution >= 0.6 is 0 Å². The summed E-state index contributed by atoms with van der Waals surface area (Å²) >= 11 is 0. The number of carbonyl (C=O) groups excluding carboxylic acids is 2. The summed E-state index contributed by atoms with van der Waals surface area (Å²) in [5.74, 6) is 0.385. The highest BCUT2D eigenvalue weighted by atomic mass is 16.5. The molecule has 2 aromatic rings. The van der Waals surface area contributed by atoms with Crippen LogP contribution in [-0.4, -0.2) is 44.0 Å². The van der Waals surface area contributed by atoms with Crippen molar-refractivity contribution in [3.05, 3.63) is 59.7 Å². The minimum absolute atomic E-state index is 0.110. The first-order chi connectivity index (χ1) is 12.5. The van der Waals surface area contributed by atoms with Crippen LogP contribution in [0.15, 0.2) is 48.5 Å². The van der Waals surface area contributed by atoms with E-state index < -0.39 is 5.91 Å². The molecule has 2 N–H and O–H groups in total. The first-order valence-corrected chi connectivity index (χ1v) is 8.38. The molecule has 0 aliphatic rings. The molecule has 2 amide bonds. The summed E-state index contributed by atoms with van der Waals surface area (Å²) in [6.45, 7) is 0.738. The van der Waals surface area contributed by atoms with Gasteiger partial charge in [0.1, 0.15) is 11.5 Å². The zero-order chi connectivity index (χ0) is 18.9. The Morgan fingerprint density at radius 2 is 1.73 bits per heavy atom. The maximum Gasteiger partial charge on any atom is 0.257 e. The summed E-state index contributed by atoms with van der Waals surface area (Å²) in [6, 6.07) is 14.9. The molecule has 0 heterocycles. The molecule has 6 nitrogen and oxygen atoms in total. The van der Waals surface area contributed by atoms with Gasteiger partial charge in [-0.05, 0) is 24.1 Å². The van der Waals surface area contributed by atoms with Crippen LogP contribution in [0.25, 0.3) is 0 Å². The molecule has 6 heteroatoms. The SMILES string of the molecule is COc1ccc(C(=O)N(CCC(N)=O)CCc2ccccc2)c(OC)c1. The second kappa shape index (κ2) is 9.46. The van der Waals surface area contributed by atoms with Crippen molar-refractivity contribution in [2.24, 2.45) is 5.73 Å². The van der Waals surface area contributed by atoms with Crippen LogP contribution in [0, 0.1) is 0 Å². The van der Waals surface area contributed by atoms with E-state index in [2.05, 4.69) is 0 Å². The van der Waals surface area contributed by atoms with Gasteiger partial charge in [0.25, 0.3) is 5.91 Å². The van der Waals surface area contributed by atoms with Crippen LogP contribution in [-0.2, 0) is 11.2 Å². The Hall–Kier alpha value is -3.02. The van der Waals surface area contributed by atoms with E-state index in [4.69, 9.17) is 15.2 Å². The molecule has 0 saturated carbocycles. The van der Waals surface area contributed by atoms with Gasteiger partial charge in [-0.2, -0.15) is 0 Å². The summed E-state index contributed by atoms with van der Waals surface area (Å²) in [5.41, 5.74) is 6.80. The van der Waals surface area contributed by atoms with E-state index in [1.54, 1.807) is 30.2 Å². The number of methoxy groups -OCH3 is 2. The molecule has 2 rings (SSSR count). The zero-order valence-corrected chi connectivity index (χ0v) is 15.1. The number of hydrogen-bond donors (Lipinski definition) is 1. The number of hydrogen-bond acceptors (Lipinski definition) is 4. The van der Waals surface area contributed by atoms with E-state index in [0.29, 0.717) is 30.0 Å². The van der Waals surface area contributed by atoms with Gasteiger partial charge >= 0.3 is 0 Å². The molecule has 26 heavy (non-hydrogen) atoms. The van der Waals surface area contributed by atoms with E-state index in [0.717, 1.165) is 5.56 Å². The number of nitrogens with zero attached hydrogens (tertiary/aromatic N) is 1. The van der Waals surface area contributed by atoms with Gasteiger partial charge in [-0.3, -0.25) is 9.59 Å². The fourth-order valence-corrected chi connectivity index (χ4v) is 2.61.